The minimum absolute atomic E-state index is 0.253. The van der Waals surface area contributed by atoms with E-state index >= 15 is 0 Å². The van der Waals surface area contributed by atoms with Gasteiger partial charge in [0.2, 0.25) is 0 Å². The van der Waals surface area contributed by atoms with E-state index < -0.39 is 11.9 Å². The molecule has 162 valence electrons. The van der Waals surface area contributed by atoms with Crippen LogP contribution in [0.5, 0.6) is 11.5 Å². The van der Waals surface area contributed by atoms with Gasteiger partial charge >= 0.3 is 6.18 Å². The van der Waals surface area contributed by atoms with Crippen molar-refractivity contribution in [3.8, 4) is 11.5 Å². The number of benzene rings is 1. The molecule has 1 saturated heterocycles. The summed E-state index contributed by atoms with van der Waals surface area (Å²) in [5.74, 6) is 1.97. The Labute approximate surface area is 178 Å². The minimum atomic E-state index is -4.47. The lowest BCUT2D eigenvalue weighted by atomic mass is 9.91. The van der Waals surface area contributed by atoms with Gasteiger partial charge in [-0.1, -0.05) is 35.9 Å². The Hall–Kier alpha value is -3.29. The Morgan fingerprint density at radius 3 is 2.65 bits per heavy atom. The number of anilines is 1. The third-order valence-corrected chi connectivity index (χ3v) is 5.34. The van der Waals surface area contributed by atoms with E-state index in [-0.39, 0.29) is 5.75 Å². The molecule has 0 bridgehead atoms. The predicted molar refractivity (Wildman–Crippen MR) is 111 cm³/mol. The number of rotatable bonds is 4. The van der Waals surface area contributed by atoms with Crippen LogP contribution in [0.15, 0.2) is 58.9 Å². The molecule has 2 aromatic heterocycles. The lowest BCUT2D eigenvalue weighted by Gasteiger charge is -2.34. The molecule has 3 heterocycles. The third-order valence-electron chi connectivity index (χ3n) is 5.34. The first kappa shape index (κ1) is 21.0. The van der Waals surface area contributed by atoms with E-state index in [0.29, 0.717) is 11.7 Å². The van der Waals surface area contributed by atoms with Crippen molar-refractivity contribution in [2.24, 2.45) is 5.92 Å². The predicted octanol–water partition coefficient (Wildman–Crippen LogP) is 6.12. The molecule has 0 aliphatic carbocycles. The lowest BCUT2D eigenvalue weighted by molar-refractivity contribution is -0.141. The molecule has 3 aromatic rings. The van der Waals surface area contributed by atoms with E-state index in [9.17, 15) is 13.2 Å². The zero-order chi connectivity index (χ0) is 22.0. The monoisotopic (exact) mass is 429 g/mol. The van der Waals surface area contributed by atoms with Crippen LogP contribution in [0.25, 0.3) is 6.08 Å². The zero-order valence-electron chi connectivity index (χ0n) is 17.2. The number of aromatic nitrogens is 2. The first-order chi connectivity index (χ1) is 14.8. The van der Waals surface area contributed by atoms with Crippen molar-refractivity contribution >= 4 is 11.8 Å². The summed E-state index contributed by atoms with van der Waals surface area (Å²) in [6.07, 6.45) is 1.44. The Morgan fingerprint density at radius 2 is 2.00 bits per heavy atom. The van der Waals surface area contributed by atoms with Gasteiger partial charge in [0, 0.05) is 13.1 Å². The van der Waals surface area contributed by atoms with Crippen molar-refractivity contribution in [3.05, 3.63) is 71.4 Å². The summed E-state index contributed by atoms with van der Waals surface area (Å²) in [5.41, 5.74) is 2.40. The maximum Gasteiger partial charge on any atom is 0.433 e. The van der Waals surface area contributed by atoms with Gasteiger partial charge in [-0.05, 0) is 49.1 Å². The Kier molecular flexibility index (Phi) is 5.71. The molecule has 0 N–H and O–H groups in total. The highest BCUT2D eigenvalue weighted by molar-refractivity contribution is 5.57. The van der Waals surface area contributed by atoms with E-state index in [2.05, 4.69) is 28.0 Å². The van der Waals surface area contributed by atoms with E-state index in [1.807, 2.05) is 25.1 Å². The molecule has 5 nitrogen and oxygen atoms in total. The molecule has 0 radical (unpaired) electrons. The van der Waals surface area contributed by atoms with Crippen LogP contribution >= 0.6 is 0 Å². The van der Waals surface area contributed by atoms with Crippen molar-refractivity contribution in [1.29, 1.82) is 0 Å². The molecule has 1 fully saturated rings. The van der Waals surface area contributed by atoms with Crippen LogP contribution in [0, 0.1) is 12.8 Å². The first-order valence-corrected chi connectivity index (χ1v) is 9.97. The van der Waals surface area contributed by atoms with Gasteiger partial charge in [-0.25, -0.2) is 4.98 Å². The van der Waals surface area contributed by atoms with E-state index in [4.69, 9.17) is 9.26 Å². The van der Waals surface area contributed by atoms with Gasteiger partial charge in [0.15, 0.2) is 5.76 Å². The Bertz CT molecular complexity index is 1070. The van der Waals surface area contributed by atoms with Gasteiger partial charge in [-0.2, -0.15) is 13.2 Å². The SMILES string of the molecule is Cc1oncc1N1CC/C(=C\c2cccc(Oc3ccc(C(F)(F)F)nc3)c2)C(C)C1. The number of piperidine rings is 1. The number of ether oxygens (including phenoxy) is 1. The van der Waals surface area contributed by atoms with Crippen LogP contribution < -0.4 is 9.64 Å². The number of hydrogen-bond acceptors (Lipinski definition) is 5. The van der Waals surface area contributed by atoms with Gasteiger partial charge < -0.3 is 14.2 Å². The van der Waals surface area contributed by atoms with Crippen LogP contribution in [0.1, 0.15) is 30.4 Å². The minimum Gasteiger partial charge on any atom is -0.456 e. The van der Waals surface area contributed by atoms with Gasteiger partial charge in [0.1, 0.15) is 22.9 Å². The zero-order valence-corrected chi connectivity index (χ0v) is 17.2. The maximum atomic E-state index is 12.7. The van der Waals surface area contributed by atoms with Gasteiger partial charge in [0.25, 0.3) is 0 Å². The molecule has 4 rings (SSSR count). The summed E-state index contributed by atoms with van der Waals surface area (Å²) < 4.78 is 48.8. The quantitative estimate of drug-likeness (QED) is 0.500. The Morgan fingerprint density at radius 1 is 1.16 bits per heavy atom. The standard InChI is InChI=1S/C23H22F3N3O2/c1-15-14-29(21-13-28-31-16(21)2)9-8-18(15)10-17-4-3-5-19(11-17)30-20-6-7-22(27-12-20)23(24,25)26/h3-7,10-13,15H,8-9,14H2,1-2H3/b18-10+. The van der Waals surface area contributed by atoms with Crippen molar-refractivity contribution < 1.29 is 22.4 Å². The highest BCUT2D eigenvalue weighted by Crippen LogP contribution is 2.32. The van der Waals surface area contributed by atoms with Crippen LogP contribution in [0.3, 0.4) is 0 Å². The van der Waals surface area contributed by atoms with Crippen LogP contribution in [-0.4, -0.2) is 23.2 Å². The summed E-state index contributed by atoms with van der Waals surface area (Å²) in [5, 5.41) is 3.86. The molecular formula is C23H22F3N3O2. The van der Waals surface area contributed by atoms with Crippen molar-refractivity contribution in [3.63, 3.8) is 0 Å². The van der Waals surface area contributed by atoms with Gasteiger partial charge in [-0.3, -0.25) is 0 Å². The van der Waals surface area contributed by atoms with Crippen molar-refractivity contribution in [2.45, 2.75) is 26.4 Å². The fourth-order valence-electron chi connectivity index (χ4n) is 3.71. The van der Waals surface area contributed by atoms with Crippen molar-refractivity contribution in [2.75, 3.05) is 18.0 Å². The second-order valence-corrected chi connectivity index (χ2v) is 7.63. The molecule has 1 aromatic carbocycles. The lowest BCUT2D eigenvalue weighted by Crippen LogP contribution is -2.35. The number of halogens is 3. The number of aryl methyl sites for hydroxylation is 1. The average Bonchev–Trinajstić information content (AvgIpc) is 3.15. The van der Waals surface area contributed by atoms with Crippen LogP contribution in [-0.2, 0) is 6.18 Å². The summed E-state index contributed by atoms with van der Waals surface area (Å²) in [6.45, 7) is 5.86. The third kappa shape index (κ3) is 4.90. The maximum absolute atomic E-state index is 12.7. The largest absolute Gasteiger partial charge is 0.456 e. The average molecular weight is 429 g/mol. The van der Waals surface area contributed by atoms with Crippen LogP contribution in [0.2, 0.25) is 0 Å². The van der Waals surface area contributed by atoms with E-state index in [1.165, 1.54) is 11.6 Å². The number of hydrogen-bond donors (Lipinski definition) is 0. The van der Waals surface area contributed by atoms with Gasteiger partial charge in [-0.15, -0.1) is 0 Å². The fraction of sp³-hybridized carbons (Fsp3) is 0.304. The highest BCUT2D eigenvalue weighted by Gasteiger charge is 2.32. The highest BCUT2D eigenvalue weighted by atomic mass is 19.4. The number of pyridine rings is 1. The number of alkyl halides is 3. The normalized spacial score (nSPS) is 18.4. The van der Waals surface area contributed by atoms with E-state index in [0.717, 1.165) is 48.8 Å². The second kappa shape index (κ2) is 8.45. The second-order valence-electron chi connectivity index (χ2n) is 7.63. The molecule has 0 spiro atoms. The van der Waals surface area contributed by atoms with Crippen molar-refractivity contribution in [1.82, 2.24) is 10.1 Å². The molecule has 31 heavy (non-hydrogen) atoms. The molecule has 1 aliphatic heterocycles. The molecule has 0 amide bonds. The molecule has 1 unspecified atom stereocenters. The molecule has 8 heteroatoms. The van der Waals surface area contributed by atoms with E-state index in [1.54, 1.807) is 12.3 Å². The molecule has 1 aliphatic rings. The molecular weight excluding hydrogens is 407 g/mol. The van der Waals surface area contributed by atoms with Gasteiger partial charge in [0.05, 0.1) is 12.4 Å². The first-order valence-electron chi connectivity index (χ1n) is 9.97. The smallest absolute Gasteiger partial charge is 0.433 e. The summed E-state index contributed by atoms with van der Waals surface area (Å²) in [6, 6.07) is 9.65. The molecule has 0 saturated carbocycles. The summed E-state index contributed by atoms with van der Waals surface area (Å²) in [7, 11) is 0. The Balaban J connectivity index is 1.45. The van der Waals surface area contributed by atoms with Crippen LogP contribution in [0.4, 0.5) is 18.9 Å². The molecule has 1 atom stereocenters. The summed E-state index contributed by atoms with van der Waals surface area (Å²) in [4.78, 5) is 5.71. The fourth-order valence-corrected chi connectivity index (χ4v) is 3.71. The topological polar surface area (TPSA) is 51.4 Å². The summed E-state index contributed by atoms with van der Waals surface area (Å²) >= 11 is 0. The number of nitrogens with zero attached hydrogens (tertiary/aromatic N) is 3.